The molecule has 0 fully saturated rings. The molecule has 0 bridgehead atoms. The van der Waals surface area contributed by atoms with E-state index in [9.17, 15) is 0 Å². The van der Waals surface area contributed by atoms with Crippen LogP contribution in [0.25, 0.3) is 0 Å². The Morgan fingerprint density at radius 1 is 1.32 bits per heavy atom. The SMILES string of the molecule is C=CC1=C(/C=C\C)C2CC=C(C)C=C2C1(C)C.CC. The molecule has 0 radical (unpaired) electrons. The second kappa shape index (κ2) is 6.23. The maximum absolute atomic E-state index is 4.01. The summed E-state index contributed by atoms with van der Waals surface area (Å²) in [5.74, 6) is 0.567. The van der Waals surface area contributed by atoms with Gasteiger partial charge in [0, 0.05) is 11.3 Å². The van der Waals surface area contributed by atoms with Crippen molar-refractivity contribution in [3.8, 4) is 0 Å². The molecule has 0 aliphatic heterocycles. The van der Waals surface area contributed by atoms with Crippen molar-refractivity contribution in [1.82, 2.24) is 0 Å². The van der Waals surface area contributed by atoms with Crippen molar-refractivity contribution in [2.24, 2.45) is 11.3 Å². The van der Waals surface area contributed by atoms with Crippen LogP contribution in [0.5, 0.6) is 0 Å². The molecular formula is C19H28. The quantitative estimate of drug-likeness (QED) is 0.568. The minimum absolute atomic E-state index is 0.136. The van der Waals surface area contributed by atoms with Gasteiger partial charge in [0.1, 0.15) is 0 Å². The van der Waals surface area contributed by atoms with E-state index >= 15 is 0 Å². The van der Waals surface area contributed by atoms with Crippen molar-refractivity contribution in [3.63, 3.8) is 0 Å². The highest BCUT2D eigenvalue weighted by Gasteiger charge is 2.41. The highest BCUT2D eigenvalue weighted by molar-refractivity contribution is 5.56. The molecule has 19 heavy (non-hydrogen) atoms. The van der Waals surface area contributed by atoms with Crippen LogP contribution < -0.4 is 0 Å². The number of allylic oxidation sites excluding steroid dienone is 9. The van der Waals surface area contributed by atoms with Gasteiger partial charge in [0.25, 0.3) is 0 Å². The van der Waals surface area contributed by atoms with E-state index in [2.05, 4.69) is 58.6 Å². The first-order chi connectivity index (χ1) is 9.02. The maximum atomic E-state index is 4.01. The Hall–Kier alpha value is -1.30. The summed E-state index contributed by atoms with van der Waals surface area (Å²) in [5.41, 5.74) is 5.95. The van der Waals surface area contributed by atoms with Crippen LogP contribution in [0.1, 0.15) is 48.0 Å². The fourth-order valence-electron chi connectivity index (χ4n) is 3.21. The summed E-state index contributed by atoms with van der Waals surface area (Å²) in [4.78, 5) is 0. The van der Waals surface area contributed by atoms with E-state index in [1.165, 1.54) is 16.7 Å². The average molecular weight is 256 g/mol. The molecule has 0 heterocycles. The average Bonchev–Trinajstić information content (AvgIpc) is 2.60. The van der Waals surface area contributed by atoms with Gasteiger partial charge in [0.05, 0.1) is 0 Å². The first kappa shape index (κ1) is 15.8. The Bertz CT molecular complexity index is 464. The predicted octanol–water partition coefficient (Wildman–Crippen LogP) is 6.00. The molecule has 0 spiro atoms. The van der Waals surface area contributed by atoms with E-state index < -0.39 is 0 Å². The molecule has 0 amide bonds. The van der Waals surface area contributed by atoms with Gasteiger partial charge in [-0.15, -0.1) is 0 Å². The second-order valence-corrected chi connectivity index (χ2v) is 5.53. The van der Waals surface area contributed by atoms with Gasteiger partial charge >= 0.3 is 0 Å². The summed E-state index contributed by atoms with van der Waals surface area (Å²) in [5, 5.41) is 0. The minimum atomic E-state index is 0.136. The third-order valence-electron chi connectivity index (χ3n) is 4.07. The molecule has 104 valence electrons. The molecule has 1 unspecified atom stereocenters. The number of hydrogen-bond donors (Lipinski definition) is 0. The normalized spacial score (nSPS) is 24.4. The van der Waals surface area contributed by atoms with Gasteiger partial charge in [-0.05, 0) is 31.4 Å². The maximum Gasteiger partial charge on any atom is 0.0117 e. The van der Waals surface area contributed by atoms with Crippen molar-refractivity contribution >= 4 is 0 Å². The van der Waals surface area contributed by atoms with Crippen LogP contribution in [0.4, 0.5) is 0 Å². The lowest BCUT2D eigenvalue weighted by Crippen LogP contribution is -2.16. The van der Waals surface area contributed by atoms with E-state index in [4.69, 9.17) is 0 Å². The van der Waals surface area contributed by atoms with Crippen LogP contribution in [0.15, 0.2) is 59.3 Å². The number of rotatable bonds is 2. The van der Waals surface area contributed by atoms with E-state index in [1.54, 1.807) is 5.57 Å². The van der Waals surface area contributed by atoms with Crippen LogP contribution in [-0.4, -0.2) is 0 Å². The monoisotopic (exact) mass is 256 g/mol. The zero-order valence-corrected chi connectivity index (χ0v) is 13.4. The summed E-state index contributed by atoms with van der Waals surface area (Å²) in [6, 6.07) is 0. The third-order valence-corrected chi connectivity index (χ3v) is 4.07. The van der Waals surface area contributed by atoms with Gasteiger partial charge in [-0.1, -0.05) is 75.8 Å². The summed E-state index contributed by atoms with van der Waals surface area (Å²) < 4.78 is 0. The van der Waals surface area contributed by atoms with Crippen LogP contribution >= 0.6 is 0 Å². The fourth-order valence-corrected chi connectivity index (χ4v) is 3.21. The molecule has 2 aliphatic rings. The van der Waals surface area contributed by atoms with Gasteiger partial charge in [-0.25, -0.2) is 0 Å². The summed E-state index contributed by atoms with van der Waals surface area (Å²) in [6.45, 7) is 16.9. The second-order valence-electron chi connectivity index (χ2n) is 5.53. The molecule has 0 saturated carbocycles. The van der Waals surface area contributed by atoms with E-state index in [0.29, 0.717) is 5.92 Å². The zero-order chi connectivity index (χ0) is 14.6. The largest absolute Gasteiger partial charge is 0.0987 e. The lowest BCUT2D eigenvalue weighted by molar-refractivity contribution is 0.527. The Kier molecular flexibility index (Phi) is 5.17. The first-order valence-corrected chi connectivity index (χ1v) is 7.41. The molecule has 2 rings (SSSR count). The van der Waals surface area contributed by atoms with Crippen LogP contribution in [-0.2, 0) is 0 Å². The first-order valence-electron chi connectivity index (χ1n) is 7.41. The molecule has 0 heteroatoms. The van der Waals surface area contributed by atoms with Crippen LogP contribution in [0.2, 0.25) is 0 Å². The molecule has 0 aromatic heterocycles. The predicted molar refractivity (Wildman–Crippen MR) is 87.1 cm³/mol. The molecule has 0 aromatic carbocycles. The van der Waals surface area contributed by atoms with Crippen molar-refractivity contribution in [3.05, 3.63) is 59.3 Å². The van der Waals surface area contributed by atoms with E-state index in [0.717, 1.165) is 6.42 Å². The highest BCUT2D eigenvalue weighted by Crippen LogP contribution is 2.53. The van der Waals surface area contributed by atoms with E-state index in [-0.39, 0.29) is 5.41 Å². The Morgan fingerprint density at radius 3 is 2.47 bits per heavy atom. The van der Waals surface area contributed by atoms with Crippen LogP contribution in [0, 0.1) is 11.3 Å². The molecule has 0 N–H and O–H groups in total. The summed E-state index contributed by atoms with van der Waals surface area (Å²) in [7, 11) is 0. The van der Waals surface area contributed by atoms with Crippen molar-refractivity contribution < 1.29 is 0 Å². The van der Waals surface area contributed by atoms with Gasteiger partial charge in [0.2, 0.25) is 0 Å². The van der Waals surface area contributed by atoms with Crippen molar-refractivity contribution in [2.45, 2.75) is 48.0 Å². The van der Waals surface area contributed by atoms with Gasteiger partial charge in [-0.3, -0.25) is 0 Å². The molecule has 2 aliphatic carbocycles. The summed E-state index contributed by atoms with van der Waals surface area (Å²) in [6.07, 6.45) is 12.3. The highest BCUT2D eigenvalue weighted by atomic mass is 14.4. The minimum Gasteiger partial charge on any atom is -0.0987 e. The van der Waals surface area contributed by atoms with Gasteiger partial charge in [-0.2, -0.15) is 0 Å². The lowest BCUT2D eigenvalue weighted by atomic mass is 9.76. The lowest BCUT2D eigenvalue weighted by Gasteiger charge is -2.28. The van der Waals surface area contributed by atoms with E-state index in [1.807, 2.05) is 19.9 Å². The molecule has 0 nitrogen and oxygen atoms in total. The Morgan fingerprint density at radius 2 is 1.95 bits per heavy atom. The van der Waals surface area contributed by atoms with Crippen molar-refractivity contribution in [1.29, 1.82) is 0 Å². The van der Waals surface area contributed by atoms with Crippen molar-refractivity contribution in [2.75, 3.05) is 0 Å². The van der Waals surface area contributed by atoms with Gasteiger partial charge in [0.15, 0.2) is 0 Å². The number of hydrogen-bond acceptors (Lipinski definition) is 0. The smallest absolute Gasteiger partial charge is 0.0117 e. The van der Waals surface area contributed by atoms with Crippen LogP contribution in [0.3, 0.4) is 0 Å². The Labute approximate surface area is 119 Å². The topological polar surface area (TPSA) is 0 Å². The van der Waals surface area contributed by atoms with Gasteiger partial charge < -0.3 is 0 Å². The fraction of sp³-hybridized carbons (Fsp3) is 0.474. The molecule has 1 atom stereocenters. The Balaban J connectivity index is 0.000000861. The third kappa shape index (κ3) is 2.68. The molecular weight excluding hydrogens is 228 g/mol. The standard InChI is InChI=1S/C17H22.C2H6/c1-6-8-13-14-10-9-12(3)11-16(14)17(4,5)15(13)7-2;1-2/h6-9,11,14H,2,10H2,1,3-5H3;1-2H3/b8-6-;. The molecule has 0 saturated heterocycles. The zero-order valence-electron chi connectivity index (χ0n) is 13.4. The summed E-state index contributed by atoms with van der Waals surface area (Å²) >= 11 is 0. The number of fused-ring (bicyclic) bond motifs is 1. The molecule has 0 aromatic rings.